The highest BCUT2D eigenvalue weighted by atomic mass is 19.4. The third-order valence-corrected chi connectivity index (χ3v) is 5.63. The van der Waals surface area contributed by atoms with Crippen LogP contribution in [0, 0.1) is 0 Å². The van der Waals surface area contributed by atoms with E-state index in [-0.39, 0.29) is 25.5 Å². The van der Waals surface area contributed by atoms with Crippen LogP contribution in [0.5, 0.6) is 11.5 Å². The fourth-order valence-corrected chi connectivity index (χ4v) is 4.00. The number of aliphatic carboxylic acids is 1. The summed E-state index contributed by atoms with van der Waals surface area (Å²) in [4.78, 5) is 25.8. The summed E-state index contributed by atoms with van der Waals surface area (Å²) in [5, 5.41) is 8.82. The molecule has 1 amide bonds. The van der Waals surface area contributed by atoms with Crippen LogP contribution in [0.4, 0.5) is 13.2 Å². The molecule has 2 aliphatic heterocycles. The number of carbonyl (C=O) groups is 2. The summed E-state index contributed by atoms with van der Waals surface area (Å²) in [6.07, 6.45) is -2.87. The third-order valence-electron chi connectivity index (χ3n) is 5.63. The maximum atomic E-state index is 13.3. The number of rotatable bonds is 6. The standard InChI is InChI=1S/C24H22F3NO5/c25-24(26,27)16-5-3-15(4-6-16)22-18-13-17(32-12-9-21(29)30)7-8-20(18)33-14-19(22)23(31)28-10-1-2-11-28/h3-8,13H,1-2,9-12,14H2,(H,29,30). The van der Waals surface area contributed by atoms with E-state index in [1.807, 2.05) is 0 Å². The Morgan fingerprint density at radius 2 is 1.76 bits per heavy atom. The quantitative estimate of drug-likeness (QED) is 0.691. The number of alkyl halides is 3. The molecule has 9 heteroatoms. The van der Waals surface area contributed by atoms with E-state index >= 15 is 0 Å². The molecule has 1 fully saturated rings. The van der Waals surface area contributed by atoms with Crippen LogP contribution in [-0.2, 0) is 15.8 Å². The van der Waals surface area contributed by atoms with Crippen LogP contribution in [0.3, 0.4) is 0 Å². The monoisotopic (exact) mass is 461 g/mol. The molecule has 1 saturated heterocycles. The lowest BCUT2D eigenvalue weighted by Crippen LogP contribution is -2.33. The first-order chi connectivity index (χ1) is 15.7. The molecule has 0 aliphatic carbocycles. The van der Waals surface area contributed by atoms with E-state index in [1.54, 1.807) is 23.1 Å². The van der Waals surface area contributed by atoms with Gasteiger partial charge in [0.2, 0.25) is 0 Å². The zero-order valence-electron chi connectivity index (χ0n) is 17.7. The highest BCUT2D eigenvalue weighted by molar-refractivity contribution is 6.06. The fourth-order valence-electron chi connectivity index (χ4n) is 4.00. The van der Waals surface area contributed by atoms with Crippen LogP contribution in [0.2, 0.25) is 0 Å². The van der Waals surface area contributed by atoms with Gasteiger partial charge in [-0.25, -0.2) is 0 Å². The Morgan fingerprint density at radius 1 is 1.06 bits per heavy atom. The molecule has 0 radical (unpaired) electrons. The normalized spacial score (nSPS) is 15.8. The number of ether oxygens (including phenoxy) is 2. The van der Waals surface area contributed by atoms with Gasteiger partial charge in [-0.05, 0) is 48.7 Å². The molecule has 2 aliphatic rings. The predicted octanol–water partition coefficient (Wildman–Crippen LogP) is 4.38. The molecular formula is C24H22F3NO5. The minimum Gasteiger partial charge on any atom is -0.493 e. The summed E-state index contributed by atoms with van der Waals surface area (Å²) in [7, 11) is 0. The zero-order valence-corrected chi connectivity index (χ0v) is 17.7. The highest BCUT2D eigenvalue weighted by Gasteiger charge is 2.32. The molecule has 6 nitrogen and oxygen atoms in total. The van der Waals surface area contributed by atoms with Crippen molar-refractivity contribution in [2.24, 2.45) is 0 Å². The number of benzene rings is 2. The molecule has 0 bridgehead atoms. The summed E-state index contributed by atoms with van der Waals surface area (Å²) < 4.78 is 50.6. The summed E-state index contributed by atoms with van der Waals surface area (Å²) in [5.74, 6) is -0.364. The molecule has 0 saturated carbocycles. The van der Waals surface area contributed by atoms with Crippen molar-refractivity contribution in [3.05, 3.63) is 64.7 Å². The van der Waals surface area contributed by atoms with Crippen molar-refractivity contribution in [3.8, 4) is 11.5 Å². The molecule has 33 heavy (non-hydrogen) atoms. The molecule has 2 heterocycles. The molecule has 2 aromatic rings. The van der Waals surface area contributed by atoms with E-state index in [0.717, 1.165) is 25.0 Å². The summed E-state index contributed by atoms with van der Waals surface area (Å²) in [5.41, 5.74) is 1.05. The topological polar surface area (TPSA) is 76.1 Å². The lowest BCUT2D eigenvalue weighted by molar-refractivity contribution is -0.138. The SMILES string of the molecule is O=C(O)CCOc1ccc2c(c1)C(c1ccc(C(F)(F)F)cc1)=C(C(=O)N1CCCC1)CO2. The number of carboxylic acids is 1. The van der Waals surface area contributed by atoms with Gasteiger partial charge in [0, 0.05) is 24.2 Å². The molecule has 4 rings (SSSR count). The first-order valence-corrected chi connectivity index (χ1v) is 10.6. The van der Waals surface area contributed by atoms with Gasteiger partial charge in [-0.2, -0.15) is 13.2 Å². The van der Waals surface area contributed by atoms with Crippen LogP contribution in [0.1, 0.15) is 36.0 Å². The van der Waals surface area contributed by atoms with E-state index in [1.165, 1.54) is 12.1 Å². The average molecular weight is 461 g/mol. The Hall–Kier alpha value is -3.49. The van der Waals surface area contributed by atoms with E-state index in [4.69, 9.17) is 14.6 Å². The van der Waals surface area contributed by atoms with Gasteiger partial charge in [0.25, 0.3) is 5.91 Å². The second-order valence-corrected chi connectivity index (χ2v) is 7.87. The van der Waals surface area contributed by atoms with Crippen LogP contribution in [0.15, 0.2) is 48.0 Å². The Morgan fingerprint density at radius 3 is 2.39 bits per heavy atom. The van der Waals surface area contributed by atoms with Gasteiger partial charge in [0.1, 0.15) is 18.1 Å². The first kappa shape index (κ1) is 22.7. The van der Waals surface area contributed by atoms with Gasteiger partial charge < -0.3 is 19.5 Å². The van der Waals surface area contributed by atoms with E-state index in [9.17, 15) is 22.8 Å². The summed E-state index contributed by atoms with van der Waals surface area (Å²) in [6, 6.07) is 9.57. The predicted molar refractivity (Wildman–Crippen MR) is 113 cm³/mol. The Labute approximate surface area is 188 Å². The Bertz CT molecular complexity index is 1090. The van der Waals surface area contributed by atoms with Crippen molar-refractivity contribution in [1.29, 1.82) is 0 Å². The van der Waals surface area contributed by atoms with Crippen molar-refractivity contribution in [3.63, 3.8) is 0 Å². The van der Waals surface area contributed by atoms with Crippen LogP contribution in [0.25, 0.3) is 5.57 Å². The largest absolute Gasteiger partial charge is 0.493 e. The van der Waals surface area contributed by atoms with Gasteiger partial charge in [-0.1, -0.05) is 12.1 Å². The highest BCUT2D eigenvalue weighted by Crippen LogP contribution is 2.41. The van der Waals surface area contributed by atoms with Crippen molar-refractivity contribution < 1.29 is 37.3 Å². The lowest BCUT2D eigenvalue weighted by Gasteiger charge is -2.27. The summed E-state index contributed by atoms with van der Waals surface area (Å²) in [6.45, 7) is 1.19. The maximum Gasteiger partial charge on any atom is 0.416 e. The lowest BCUT2D eigenvalue weighted by atomic mass is 9.89. The van der Waals surface area contributed by atoms with Gasteiger partial charge in [0.15, 0.2) is 0 Å². The molecule has 2 aromatic carbocycles. The van der Waals surface area contributed by atoms with Crippen LogP contribution < -0.4 is 9.47 Å². The molecule has 174 valence electrons. The number of halogens is 3. The van der Waals surface area contributed by atoms with E-state index in [0.29, 0.717) is 46.9 Å². The summed E-state index contributed by atoms with van der Waals surface area (Å²) >= 11 is 0. The Kier molecular flexibility index (Phi) is 6.31. The molecule has 0 aromatic heterocycles. The van der Waals surface area contributed by atoms with E-state index in [2.05, 4.69) is 0 Å². The number of nitrogens with zero attached hydrogens (tertiary/aromatic N) is 1. The first-order valence-electron chi connectivity index (χ1n) is 10.6. The fraction of sp³-hybridized carbons (Fsp3) is 0.333. The number of hydrogen-bond acceptors (Lipinski definition) is 4. The van der Waals surface area contributed by atoms with E-state index < -0.39 is 17.7 Å². The molecule has 0 atom stereocenters. The molecule has 0 spiro atoms. The van der Waals surface area contributed by atoms with Crippen molar-refractivity contribution in [2.75, 3.05) is 26.3 Å². The second kappa shape index (κ2) is 9.17. The number of likely N-dealkylation sites (tertiary alicyclic amines) is 1. The van der Waals surface area contributed by atoms with Crippen LogP contribution >= 0.6 is 0 Å². The number of carboxylic acid groups (broad SMARTS) is 1. The average Bonchev–Trinajstić information content (AvgIpc) is 3.32. The number of carbonyl (C=O) groups excluding carboxylic acids is 1. The minimum atomic E-state index is -4.47. The van der Waals surface area contributed by atoms with Gasteiger partial charge in [0.05, 0.1) is 24.2 Å². The molecule has 0 unspecified atom stereocenters. The van der Waals surface area contributed by atoms with Crippen LogP contribution in [-0.4, -0.2) is 48.2 Å². The molecular weight excluding hydrogens is 439 g/mol. The number of hydrogen-bond donors (Lipinski definition) is 1. The maximum absolute atomic E-state index is 13.3. The van der Waals surface area contributed by atoms with Gasteiger partial charge >= 0.3 is 12.1 Å². The number of amides is 1. The third kappa shape index (κ3) is 4.97. The van der Waals surface area contributed by atoms with Crippen molar-refractivity contribution in [2.45, 2.75) is 25.4 Å². The van der Waals surface area contributed by atoms with Crippen molar-refractivity contribution >= 4 is 17.4 Å². The molecule has 1 N–H and O–H groups in total. The van der Waals surface area contributed by atoms with Crippen molar-refractivity contribution in [1.82, 2.24) is 4.90 Å². The number of fused-ring (bicyclic) bond motifs is 1. The minimum absolute atomic E-state index is 0.00208. The Balaban J connectivity index is 1.77. The smallest absolute Gasteiger partial charge is 0.416 e. The zero-order chi connectivity index (χ0) is 23.6. The van der Waals surface area contributed by atoms with Gasteiger partial charge in [-0.15, -0.1) is 0 Å². The second-order valence-electron chi connectivity index (χ2n) is 7.87. The van der Waals surface area contributed by atoms with Gasteiger partial charge in [-0.3, -0.25) is 9.59 Å².